The Labute approximate surface area is 108 Å². The van der Waals surface area contributed by atoms with Crippen molar-refractivity contribution in [2.24, 2.45) is 9.98 Å². The van der Waals surface area contributed by atoms with Gasteiger partial charge in [-0.2, -0.15) is 4.98 Å². The lowest BCUT2D eigenvalue weighted by Gasteiger charge is -2.26. The highest BCUT2D eigenvalue weighted by Gasteiger charge is 2.33. The summed E-state index contributed by atoms with van der Waals surface area (Å²) in [5.74, 6) is 0.579. The predicted octanol–water partition coefficient (Wildman–Crippen LogP) is 1.77. The van der Waals surface area contributed by atoms with Gasteiger partial charge >= 0.3 is 0 Å². The van der Waals surface area contributed by atoms with Gasteiger partial charge in [0, 0.05) is 0 Å². The lowest BCUT2D eigenvalue weighted by Crippen LogP contribution is -2.26. The van der Waals surface area contributed by atoms with Gasteiger partial charge in [-0.3, -0.25) is 4.99 Å². The molecule has 2 heterocycles. The largest absolute Gasteiger partial charge is 0.480 e. The van der Waals surface area contributed by atoms with Gasteiger partial charge in [-0.1, -0.05) is 6.42 Å². The molecule has 5 heteroatoms. The summed E-state index contributed by atoms with van der Waals surface area (Å²) in [5, 5.41) is 0.888. The molecule has 0 saturated heterocycles. The maximum Gasteiger partial charge on any atom is 0.229 e. The van der Waals surface area contributed by atoms with Crippen LogP contribution in [0.2, 0.25) is 0 Å². The van der Waals surface area contributed by atoms with E-state index in [1.165, 1.54) is 19.3 Å². The Morgan fingerprint density at radius 3 is 2.71 bits per heavy atom. The number of fused-ring (bicyclic) bond motifs is 1. The molecule has 0 unspecified atom stereocenters. The SMILES string of the molecule is COc1nc2c(cc1Br)=NC1(CCCCC1)N=2. The lowest BCUT2D eigenvalue weighted by atomic mass is 9.90. The van der Waals surface area contributed by atoms with E-state index >= 15 is 0 Å². The molecule has 3 rings (SSSR count). The number of halogens is 1. The molecule has 0 amide bonds. The molecular formula is C12H14BrN3O. The summed E-state index contributed by atoms with van der Waals surface area (Å²) in [6.07, 6.45) is 5.80. The summed E-state index contributed by atoms with van der Waals surface area (Å²) < 4.78 is 6.02. The number of nitrogens with zero attached hydrogens (tertiary/aromatic N) is 3. The van der Waals surface area contributed by atoms with Gasteiger partial charge in [0.1, 0.15) is 5.36 Å². The number of rotatable bonds is 1. The lowest BCUT2D eigenvalue weighted by molar-refractivity contribution is 0.308. The summed E-state index contributed by atoms with van der Waals surface area (Å²) in [6, 6.07) is 1.95. The Balaban J connectivity index is 2.12. The van der Waals surface area contributed by atoms with Crippen LogP contribution in [0.4, 0.5) is 0 Å². The normalized spacial score (nSPS) is 20.6. The highest BCUT2D eigenvalue weighted by Crippen LogP contribution is 2.33. The molecule has 90 valence electrons. The molecular weight excluding hydrogens is 282 g/mol. The third kappa shape index (κ3) is 1.86. The number of pyridine rings is 1. The van der Waals surface area contributed by atoms with E-state index in [1.54, 1.807) is 7.11 Å². The van der Waals surface area contributed by atoms with Crippen molar-refractivity contribution in [2.75, 3.05) is 7.11 Å². The van der Waals surface area contributed by atoms with Crippen molar-refractivity contribution < 1.29 is 4.74 Å². The van der Waals surface area contributed by atoms with Gasteiger partial charge in [-0.25, -0.2) is 4.99 Å². The Morgan fingerprint density at radius 2 is 2.00 bits per heavy atom. The third-order valence-electron chi connectivity index (χ3n) is 3.39. The zero-order chi connectivity index (χ0) is 11.9. The molecule has 1 spiro atoms. The van der Waals surface area contributed by atoms with E-state index in [2.05, 4.69) is 20.9 Å². The van der Waals surface area contributed by atoms with Crippen LogP contribution < -0.4 is 15.6 Å². The second-order valence-corrected chi connectivity index (χ2v) is 5.44. The number of hydrogen-bond donors (Lipinski definition) is 0. The van der Waals surface area contributed by atoms with Crippen LogP contribution in [0.5, 0.6) is 5.88 Å². The second-order valence-electron chi connectivity index (χ2n) is 4.59. The average molecular weight is 296 g/mol. The maximum absolute atomic E-state index is 5.19. The first-order valence-electron chi connectivity index (χ1n) is 5.93. The number of ether oxygens (including phenoxy) is 1. The van der Waals surface area contributed by atoms with E-state index in [4.69, 9.17) is 14.7 Å². The first-order valence-corrected chi connectivity index (χ1v) is 6.72. The summed E-state index contributed by atoms with van der Waals surface area (Å²) in [5.41, 5.74) is 0.506. The molecule has 0 bridgehead atoms. The fourth-order valence-corrected chi connectivity index (χ4v) is 3.02. The van der Waals surface area contributed by atoms with E-state index in [0.29, 0.717) is 5.88 Å². The predicted molar refractivity (Wildman–Crippen MR) is 66.6 cm³/mol. The minimum atomic E-state index is -0.223. The van der Waals surface area contributed by atoms with Crippen molar-refractivity contribution >= 4 is 15.9 Å². The zero-order valence-corrected chi connectivity index (χ0v) is 11.3. The molecule has 2 aliphatic rings. The van der Waals surface area contributed by atoms with E-state index in [9.17, 15) is 0 Å². The minimum Gasteiger partial charge on any atom is -0.480 e. The van der Waals surface area contributed by atoms with Crippen molar-refractivity contribution in [3.05, 3.63) is 21.4 Å². The van der Waals surface area contributed by atoms with Crippen molar-refractivity contribution in [3.63, 3.8) is 0 Å². The van der Waals surface area contributed by atoms with E-state index in [-0.39, 0.29) is 5.66 Å². The second kappa shape index (κ2) is 4.05. The molecule has 1 aliphatic carbocycles. The van der Waals surface area contributed by atoms with Gasteiger partial charge in [-0.15, -0.1) is 0 Å². The van der Waals surface area contributed by atoms with E-state index < -0.39 is 0 Å². The van der Waals surface area contributed by atoms with Gasteiger partial charge in [0.2, 0.25) is 5.88 Å². The Morgan fingerprint density at radius 1 is 1.24 bits per heavy atom. The van der Waals surface area contributed by atoms with Gasteiger partial charge in [-0.05, 0) is 47.7 Å². The van der Waals surface area contributed by atoms with Gasteiger partial charge in [0.05, 0.1) is 11.6 Å². The zero-order valence-electron chi connectivity index (χ0n) is 9.74. The summed E-state index contributed by atoms with van der Waals surface area (Å²) in [4.78, 5) is 13.9. The molecule has 0 aromatic carbocycles. The number of methoxy groups -OCH3 is 1. The smallest absolute Gasteiger partial charge is 0.229 e. The van der Waals surface area contributed by atoms with Crippen LogP contribution in [0.25, 0.3) is 0 Å². The first-order chi connectivity index (χ1) is 8.22. The summed E-state index contributed by atoms with van der Waals surface area (Å²) in [6.45, 7) is 0. The Hall–Kier alpha value is -0.970. The van der Waals surface area contributed by atoms with Crippen LogP contribution in [-0.4, -0.2) is 17.8 Å². The fraction of sp³-hybridized carbons (Fsp3) is 0.583. The van der Waals surface area contributed by atoms with Crippen LogP contribution in [-0.2, 0) is 0 Å². The Bertz CT molecular complexity index is 564. The van der Waals surface area contributed by atoms with Crippen molar-refractivity contribution in [1.82, 2.24) is 4.98 Å². The molecule has 1 saturated carbocycles. The van der Waals surface area contributed by atoms with Crippen molar-refractivity contribution in [3.8, 4) is 5.88 Å². The standard InChI is InChI=1S/C12H14BrN3O/c1-17-11-8(13)7-9-10(14-11)16-12(15-9)5-3-2-4-6-12/h7H,2-6H2,1H3. The monoisotopic (exact) mass is 295 g/mol. The van der Waals surface area contributed by atoms with Crippen molar-refractivity contribution in [1.29, 1.82) is 0 Å². The highest BCUT2D eigenvalue weighted by molar-refractivity contribution is 9.10. The van der Waals surface area contributed by atoms with Gasteiger partial charge in [0.15, 0.2) is 11.2 Å². The summed E-state index contributed by atoms with van der Waals surface area (Å²) >= 11 is 3.43. The molecule has 0 radical (unpaired) electrons. The topological polar surface area (TPSA) is 46.8 Å². The third-order valence-corrected chi connectivity index (χ3v) is 3.96. The van der Waals surface area contributed by atoms with Gasteiger partial charge < -0.3 is 4.74 Å². The molecule has 17 heavy (non-hydrogen) atoms. The number of hydrogen-bond acceptors (Lipinski definition) is 4. The van der Waals surface area contributed by atoms with E-state index in [1.807, 2.05) is 6.07 Å². The molecule has 4 nitrogen and oxygen atoms in total. The Kier molecular flexibility index (Phi) is 2.65. The van der Waals surface area contributed by atoms with Gasteiger partial charge in [0.25, 0.3) is 0 Å². The average Bonchev–Trinajstić information content (AvgIpc) is 2.65. The van der Waals surface area contributed by atoms with Crippen LogP contribution in [0.3, 0.4) is 0 Å². The maximum atomic E-state index is 5.19. The molecule has 0 N–H and O–H groups in total. The van der Waals surface area contributed by atoms with Crippen LogP contribution >= 0.6 is 15.9 Å². The van der Waals surface area contributed by atoms with Crippen LogP contribution in [0.15, 0.2) is 20.5 Å². The first kappa shape index (κ1) is 11.1. The highest BCUT2D eigenvalue weighted by atomic mass is 79.9. The molecule has 1 aromatic rings. The quantitative estimate of drug-likeness (QED) is 0.793. The molecule has 1 aliphatic heterocycles. The fourth-order valence-electron chi connectivity index (χ4n) is 2.55. The minimum absolute atomic E-state index is 0.223. The summed E-state index contributed by atoms with van der Waals surface area (Å²) in [7, 11) is 1.61. The molecule has 0 atom stereocenters. The van der Waals surface area contributed by atoms with Crippen LogP contribution in [0.1, 0.15) is 32.1 Å². The van der Waals surface area contributed by atoms with Crippen molar-refractivity contribution in [2.45, 2.75) is 37.8 Å². The van der Waals surface area contributed by atoms with Crippen LogP contribution in [0, 0.1) is 0 Å². The van der Waals surface area contributed by atoms with E-state index in [0.717, 1.165) is 28.2 Å². The number of aromatic nitrogens is 1. The molecule has 1 fully saturated rings. The molecule has 1 aromatic heterocycles.